The molecule has 6 heteroatoms. The van der Waals surface area contributed by atoms with Gasteiger partial charge in [0.05, 0.1) is 5.02 Å². The van der Waals surface area contributed by atoms with Gasteiger partial charge in [-0.2, -0.15) is 0 Å². The van der Waals surface area contributed by atoms with Crippen molar-refractivity contribution in [2.75, 3.05) is 18.5 Å². The van der Waals surface area contributed by atoms with Crippen LogP contribution in [0.25, 0.3) is 0 Å². The zero-order chi connectivity index (χ0) is 19.1. The molecule has 0 aliphatic heterocycles. The molecule has 3 N–H and O–H groups in total. The van der Waals surface area contributed by atoms with Crippen LogP contribution < -0.4 is 15.4 Å². The predicted octanol–water partition coefficient (Wildman–Crippen LogP) is 3.64. The van der Waals surface area contributed by atoms with Crippen molar-refractivity contribution in [2.45, 2.75) is 32.9 Å². The standard InChI is InChI=1S/C20H25ClN2O3/c1-13(2)22-11-17(24)12-26-19-9-6-15(10-18(19)21)20(25)23-16-7-4-14(3)5-8-16/h4-10,13,17,22,24H,11-12H2,1-3H3,(H,23,25). The summed E-state index contributed by atoms with van der Waals surface area (Å²) >= 11 is 6.21. The Balaban J connectivity index is 1.93. The third-order valence-corrected chi connectivity index (χ3v) is 3.99. The Hall–Kier alpha value is -2.08. The van der Waals surface area contributed by atoms with Crippen LogP contribution in [0.3, 0.4) is 0 Å². The summed E-state index contributed by atoms with van der Waals surface area (Å²) in [6.07, 6.45) is -0.641. The Labute approximate surface area is 159 Å². The average molecular weight is 377 g/mol. The van der Waals surface area contributed by atoms with Crippen molar-refractivity contribution < 1.29 is 14.6 Å². The van der Waals surface area contributed by atoms with E-state index in [9.17, 15) is 9.90 Å². The highest BCUT2D eigenvalue weighted by Gasteiger charge is 2.12. The molecule has 0 heterocycles. The van der Waals surface area contributed by atoms with E-state index in [0.29, 0.717) is 28.9 Å². The summed E-state index contributed by atoms with van der Waals surface area (Å²) in [6, 6.07) is 12.7. The van der Waals surface area contributed by atoms with E-state index in [2.05, 4.69) is 10.6 Å². The van der Waals surface area contributed by atoms with Gasteiger partial charge in [0.2, 0.25) is 0 Å². The maximum atomic E-state index is 12.3. The first-order valence-corrected chi connectivity index (χ1v) is 8.94. The summed E-state index contributed by atoms with van der Waals surface area (Å²) in [5, 5.41) is 16.2. The number of carbonyl (C=O) groups excluding carboxylic acids is 1. The van der Waals surface area contributed by atoms with Gasteiger partial charge in [0.1, 0.15) is 18.5 Å². The monoisotopic (exact) mass is 376 g/mol. The molecule has 0 aliphatic rings. The van der Waals surface area contributed by atoms with Crippen molar-refractivity contribution in [1.29, 1.82) is 0 Å². The molecule has 0 radical (unpaired) electrons. The Morgan fingerprint density at radius 2 is 1.88 bits per heavy atom. The second-order valence-electron chi connectivity index (χ2n) is 6.49. The van der Waals surface area contributed by atoms with Crippen LogP contribution in [-0.4, -0.2) is 36.3 Å². The minimum atomic E-state index is -0.641. The Bertz CT molecular complexity index is 732. The minimum absolute atomic E-state index is 0.119. The van der Waals surface area contributed by atoms with E-state index in [-0.39, 0.29) is 12.5 Å². The minimum Gasteiger partial charge on any atom is -0.489 e. The lowest BCUT2D eigenvalue weighted by atomic mass is 10.2. The Morgan fingerprint density at radius 3 is 2.50 bits per heavy atom. The van der Waals surface area contributed by atoms with Gasteiger partial charge in [0.25, 0.3) is 5.91 Å². The molecule has 5 nitrogen and oxygen atoms in total. The van der Waals surface area contributed by atoms with Crippen molar-refractivity contribution in [3.05, 3.63) is 58.6 Å². The van der Waals surface area contributed by atoms with Crippen molar-refractivity contribution in [3.8, 4) is 5.75 Å². The number of aryl methyl sites for hydroxylation is 1. The smallest absolute Gasteiger partial charge is 0.255 e. The largest absolute Gasteiger partial charge is 0.489 e. The van der Waals surface area contributed by atoms with Crippen LogP contribution in [0.15, 0.2) is 42.5 Å². The van der Waals surface area contributed by atoms with Gasteiger partial charge < -0.3 is 20.5 Å². The fourth-order valence-corrected chi connectivity index (χ4v) is 2.45. The molecule has 26 heavy (non-hydrogen) atoms. The normalized spacial score (nSPS) is 12.1. The van der Waals surface area contributed by atoms with Gasteiger partial charge in [-0.15, -0.1) is 0 Å². The molecule has 0 saturated carbocycles. The van der Waals surface area contributed by atoms with Crippen LogP contribution in [0.1, 0.15) is 29.8 Å². The molecule has 2 aromatic carbocycles. The van der Waals surface area contributed by atoms with E-state index >= 15 is 0 Å². The molecule has 1 unspecified atom stereocenters. The molecule has 2 aromatic rings. The lowest BCUT2D eigenvalue weighted by Gasteiger charge is -2.16. The number of rotatable bonds is 8. The van der Waals surface area contributed by atoms with Gasteiger partial charge in [-0.25, -0.2) is 0 Å². The quantitative estimate of drug-likeness (QED) is 0.657. The first-order chi connectivity index (χ1) is 12.3. The number of aliphatic hydroxyl groups excluding tert-OH is 1. The SMILES string of the molecule is Cc1ccc(NC(=O)c2ccc(OCC(O)CNC(C)C)c(Cl)c2)cc1. The predicted molar refractivity (Wildman–Crippen MR) is 105 cm³/mol. The number of anilines is 1. The van der Waals surface area contributed by atoms with E-state index < -0.39 is 6.10 Å². The third-order valence-electron chi connectivity index (χ3n) is 3.70. The van der Waals surface area contributed by atoms with E-state index in [1.807, 2.05) is 45.0 Å². The second-order valence-corrected chi connectivity index (χ2v) is 6.90. The summed E-state index contributed by atoms with van der Waals surface area (Å²) in [6.45, 7) is 6.55. The molecule has 0 aliphatic carbocycles. The van der Waals surface area contributed by atoms with E-state index in [1.165, 1.54) is 0 Å². The van der Waals surface area contributed by atoms with Crippen LogP contribution in [0.4, 0.5) is 5.69 Å². The summed E-state index contributed by atoms with van der Waals surface area (Å²) < 4.78 is 5.54. The summed E-state index contributed by atoms with van der Waals surface area (Å²) in [4.78, 5) is 12.3. The molecule has 0 aromatic heterocycles. The lowest BCUT2D eigenvalue weighted by Crippen LogP contribution is -2.35. The highest BCUT2D eigenvalue weighted by Crippen LogP contribution is 2.26. The number of ether oxygens (including phenoxy) is 1. The molecular formula is C20H25ClN2O3. The van der Waals surface area contributed by atoms with Crippen LogP contribution in [-0.2, 0) is 0 Å². The number of carbonyl (C=O) groups is 1. The highest BCUT2D eigenvalue weighted by atomic mass is 35.5. The molecule has 1 amide bonds. The molecular weight excluding hydrogens is 352 g/mol. The lowest BCUT2D eigenvalue weighted by molar-refractivity contribution is 0.102. The van der Waals surface area contributed by atoms with Gasteiger partial charge in [-0.1, -0.05) is 43.1 Å². The molecule has 2 rings (SSSR count). The van der Waals surface area contributed by atoms with Gasteiger partial charge in [0, 0.05) is 23.8 Å². The Kier molecular flexibility index (Phi) is 7.45. The van der Waals surface area contributed by atoms with Crippen LogP contribution in [0, 0.1) is 6.92 Å². The van der Waals surface area contributed by atoms with E-state index in [1.54, 1.807) is 18.2 Å². The zero-order valence-electron chi connectivity index (χ0n) is 15.3. The van der Waals surface area contributed by atoms with Crippen LogP contribution in [0.2, 0.25) is 5.02 Å². The van der Waals surface area contributed by atoms with Crippen LogP contribution >= 0.6 is 11.6 Å². The number of nitrogens with one attached hydrogen (secondary N) is 2. The average Bonchev–Trinajstić information content (AvgIpc) is 2.60. The van der Waals surface area contributed by atoms with Gasteiger partial charge in [0.15, 0.2) is 0 Å². The molecule has 1 atom stereocenters. The molecule has 140 valence electrons. The highest BCUT2D eigenvalue weighted by molar-refractivity contribution is 6.32. The number of benzene rings is 2. The zero-order valence-corrected chi connectivity index (χ0v) is 16.0. The van der Waals surface area contributed by atoms with Crippen molar-refractivity contribution in [2.24, 2.45) is 0 Å². The third kappa shape index (κ3) is 6.33. The van der Waals surface area contributed by atoms with E-state index in [4.69, 9.17) is 16.3 Å². The number of hydrogen-bond acceptors (Lipinski definition) is 4. The number of aliphatic hydroxyl groups is 1. The molecule has 0 spiro atoms. The fourth-order valence-electron chi connectivity index (χ4n) is 2.22. The number of amides is 1. The summed E-state index contributed by atoms with van der Waals surface area (Å²) in [5.74, 6) is 0.186. The van der Waals surface area contributed by atoms with Crippen molar-refractivity contribution >= 4 is 23.2 Å². The summed E-state index contributed by atoms with van der Waals surface area (Å²) in [7, 11) is 0. The van der Waals surface area contributed by atoms with Gasteiger partial charge in [-0.3, -0.25) is 4.79 Å². The Morgan fingerprint density at radius 1 is 1.19 bits per heavy atom. The first-order valence-electron chi connectivity index (χ1n) is 8.57. The number of hydrogen-bond donors (Lipinski definition) is 3. The molecule has 0 fully saturated rings. The number of halogens is 1. The van der Waals surface area contributed by atoms with E-state index in [0.717, 1.165) is 11.3 Å². The van der Waals surface area contributed by atoms with Gasteiger partial charge in [-0.05, 0) is 37.3 Å². The maximum Gasteiger partial charge on any atom is 0.255 e. The van der Waals surface area contributed by atoms with Crippen LogP contribution in [0.5, 0.6) is 5.75 Å². The van der Waals surface area contributed by atoms with Crippen molar-refractivity contribution in [1.82, 2.24) is 5.32 Å². The first kappa shape index (κ1) is 20.2. The topological polar surface area (TPSA) is 70.6 Å². The van der Waals surface area contributed by atoms with Gasteiger partial charge >= 0.3 is 0 Å². The van der Waals surface area contributed by atoms with Crippen molar-refractivity contribution in [3.63, 3.8) is 0 Å². The molecule has 0 bridgehead atoms. The summed E-state index contributed by atoms with van der Waals surface area (Å²) in [5.41, 5.74) is 2.28. The fraction of sp³-hybridized carbons (Fsp3) is 0.350. The second kappa shape index (κ2) is 9.57. The molecule has 0 saturated heterocycles. The maximum absolute atomic E-state index is 12.3.